The lowest BCUT2D eigenvalue weighted by Gasteiger charge is -2.37. The Morgan fingerprint density at radius 2 is 1.72 bits per heavy atom. The van der Waals surface area contributed by atoms with Gasteiger partial charge in [-0.25, -0.2) is 0 Å². The van der Waals surface area contributed by atoms with Crippen LogP contribution in [-0.4, -0.2) is 35.1 Å². The van der Waals surface area contributed by atoms with Gasteiger partial charge in [0.05, 0.1) is 37.4 Å². The van der Waals surface area contributed by atoms with Gasteiger partial charge in [-0.1, -0.05) is 30.3 Å². The van der Waals surface area contributed by atoms with E-state index >= 15 is 0 Å². The fourth-order valence-corrected chi connectivity index (χ4v) is 3.78. The fraction of sp³-hybridized carbons (Fsp3) is 0.125. The quantitative estimate of drug-likeness (QED) is 0.517. The van der Waals surface area contributed by atoms with Crippen LogP contribution in [0.1, 0.15) is 22.2 Å². The third kappa shape index (κ3) is 3.31. The highest BCUT2D eigenvalue weighted by atomic mass is 16.5. The van der Waals surface area contributed by atoms with Gasteiger partial charge in [0.15, 0.2) is 6.17 Å². The van der Waals surface area contributed by atoms with Crippen molar-refractivity contribution in [2.45, 2.75) is 6.17 Å². The molecule has 1 N–H and O–H groups in total. The predicted molar refractivity (Wildman–Crippen MR) is 121 cm³/mol. The van der Waals surface area contributed by atoms with Crippen molar-refractivity contribution in [3.05, 3.63) is 90.3 Å². The third-order valence-corrected chi connectivity index (χ3v) is 5.35. The number of nitrogens with one attached hydrogen (secondary N) is 1. The Labute approximate surface area is 185 Å². The molecule has 160 valence electrons. The number of nitrogens with zero attached hydrogens (tertiary/aromatic N) is 4. The van der Waals surface area contributed by atoms with Gasteiger partial charge < -0.3 is 14.8 Å². The average molecular weight is 427 g/mol. The van der Waals surface area contributed by atoms with E-state index < -0.39 is 6.17 Å². The van der Waals surface area contributed by atoms with E-state index in [4.69, 9.17) is 9.47 Å². The first-order valence-corrected chi connectivity index (χ1v) is 10.1. The van der Waals surface area contributed by atoms with Gasteiger partial charge in [-0.3, -0.25) is 9.69 Å². The number of amides is 1. The van der Waals surface area contributed by atoms with Crippen LogP contribution in [0.2, 0.25) is 0 Å². The van der Waals surface area contributed by atoms with E-state index in [2.05, 4.69) is 15.5 Å². The van der Waals surface area contributed by atoms with Crippen LogP contribution in [0.3, 0.4) is 0 Å². The molecule has 1 aliphatic heterocycles. The molecule has 1 amide bonds. The molecule has 0 spiro atoms. The Kier molecular flexibility index (Phi) is 4.95. The molecule has 1 aromatic heterocycles. The van der Waals surface area contributed by atoms with Crippen molar-refractivity contribution in [3.63, 3.8) is 0 Å². The first kappa shape index (κ1) is 19.6. The minimum atomic E-state index is -0.586. The van der Waals surface area contributed by atoms with Gasteiger partial charge in [0.25, 0.3) is 5.91 Å². The molecule has 0 radical (unpaired) electrons. The predicted octanol–water partition coefficient (Wildman–Crippen LogP) is 4.06. The van der Waals surface area contributed by atoms with Gasteiger partial charge in [-0.2, -0.15) is 9.90 Å². The Hall–Kier alpha value is -4.33. The first-order chi connectivity index (χ1) is 15.7. The van der Waals surface area contributed by atoms with E-state index in [-0.39, 0.29) is 5.91 Å². The summed E-state index contributed by atoms with van der Waals surface area (Å²) in [6.45, 7) is 0. The summed E-state index contributed by atoms with van der Waals surface area (Å²) in [7, 11) is 3.15. The number of ether oxygens (including phenoxy) is 2. The maximum atomic E-state index is 13.6. The highest BCUT2D eigenvalue weighted by Crippen LogP contribution is 2.41. The number of rotatable bonds is 5. The Morgan fingerprint density at radius 1 is 0.938 bits per heavy atom. The van der Waals surface area contributed by atoms with Crippen LogP contribution in [0.25, 0.3) is 5.69 Å². The number of fused-ring (bicyclic) bond motifs is 1. The molecule has 0 saturated heterocycles. The van der Waals surface area contributed by atoms with Crippen molar-refractivity contribution in [2.24, 2.45) is 0 Å². The van der Waals surface area contributed by atoms with E-state index in [1.54, 1.807) is 54.4 Å². The minimum Gasteiger partial charge on any atom is -0.497 e. The van der Waals surface area contributed by atoms with Gasteiger partial charge in [-0.15, -0.1) is 5.10 Å². The summed E-state index contributed by atoms with van der Waals surface area (Å²) in [4.78, 5) is 16.8. The number of anilines is 2. The summed E-state index contributed by atoms with van der Waals surface area (Å²) < 4.78 is 10.9. The van der Waals surface area contributed by atoms with Crippen LogP contribution in [-0.2, 0) is 0 Å². The molecule has 0 unspecified atom stereocenters. The second-order valence-corrected chi connectivity index (χ2v) is 7.20. The Bertz CT molecular complexity index is 1270. The molecule has 8 heteroatoms. The summed E-state index contributed by atoms with van der Waals surface area (Å²) >= 11 is 0. The van der Waals surface area contributed by atoms with E-state index in [1.165, 1.54) is 0 Å². The summed E-state index contributed by atoms with van der Waals surface area (Å²) in [5.41, 5.74) is 3.32. The lowest BCUT2D eigenvalue weighted by Crippen LogP contribution is -2.43. The molecule has 0 aliphatic carbocycles. The van der Waals surface area contributed by atoms with Gasteiger partial charge in [0, 0.05) is 11.8 Å². The Morgan fingerprint density at radius 3 is 2.50 bits per heavy atom. The van der Waals surface area contributed by atoms with E-state index in [9.17, 15) is 4.79 Å². The van der Waals surface area contributed by atoms with E-state index in [1.807, 2.05) is 48.5 Å². The smallest absolute Gasteiger partial charge is 0.262 e. The minimum absolute atomic E-state index is 0.165. The molecule has 5 rings (SSSR count). The molecular weight excluding hydrogens is 406 g/mol. The summed E-state index contributed by atoms with van der Waals surface area (Å²) in [5, 5.41) is 12.5. The highest BCUT2D eigenvalue weighted by Gasteiger charge is 2.37. The van der Waals surface area contributed by atoms with Crippen LogP contribution < -0.4 is 19.7 Å². The van der Waals surface area contributed by atoms with Crippen molar-refractivity contribution in [2.75, 3.05) is 24.4 Å². The van der Waals surface area contributed by atoms with Gasteiger partial charge >= 0.3 is 0 Å². The molecule has 1 aliphatic rings. The molecule has 0 fully saturated rings. The molecular formula is C24H21N5O3. The molecule has 0 bridgehead atoms. The van der Waals surface area contributed by atoms with Crippen molar-refractivity contribution >= 4 is 17.3 Å². The molecule has 3 aromatic carbocycles. The van der Waals surface area contributed by atoms with Gasteiger partial charge in [-0.05, 0) is 36.4 Å². The lowest BCUT2D eigenvalue weighted by molar-refractivity contribution is 0.0973. The highest BCUT2D eigenvalue weighted by molar-refractivity contribution is 6.12. The number of hydrogen-bond acceptors (Lipinski definition) is 6. The van der Waals surface area contributed by atoms with Crippen LogP contribution in [0, 0.1) is 0 Å². The number of benzene rings is 3. The van der Waals surface area contributed by atoms with Crippen LogP contribution in [0.4, 0.5) is 11.4 Å². The number of hydrogen-bond donors (Lipinski definition) is 1. The van der Waals surface area contributed by atoms with Crippen molar-refractivity contribution < 1.29 is 14.3 Å². The van der Waals surface area contributed by atoms with Crippen molar-refractivity contribution in [3.8, 4) is 17.2 Å². The molecule has 1 atom stereocenters. The lowest BCUT2D eigenvalue weighted by atomic mass is 10.0. The van der Waals surface area contributed by atoms with Crippen LogP contribution >= 0.6 is 0 Å². The topological polar surface area (TPSA) is 81.5 Å². The number of para-hydroxylation sites is 2. The zero-order valence-electron chi connectivity index (χ0n) is 17.6. The molecule has 32 heavy (non-hydrogen) atoms. The standard InChI is InChI=1S/C24H21N5O3/c1-31-17-12-13-21(22(14-17)32-2)28-23(26-19-11-7-6-10-18(19)24(28)30)20-15-25-29(27-20)16-8-4-3-5-9-16/h3-15,23,26H,1-2H3/t23-/m0/s1. The maximum Gasteiger partial charge on any atom is 0.262 e. The first-order valence-electron chi connectivity index (χ1n) is 10.1. The normalized spacial score (nSPS) is 15.1. The zero-order valence-corrected chi connectivity index (χ0v) is 17.6. The Balaban J connectivity index is 1.63. The van der Waals surface area contributed by atoms with Gasteiger partial charge in [0.2, 0.25) is 0 Å². The molecule has 0 saturated carbocycles. The largest absolute Gasteiger partial charge is 0.497 e. The van der Waals surface area contributed by atoms with E-state index in [0.29, 0.717) is 28.4 Å². The van der Waals surface area contributed by atoms with Gasteiger partial charge in [0.1, 0.15) is 17.2 Å². The second-order valence-electron chi connectivity index (χ2n) is 7.20. The second kappa shape index (κ2) is 8.07. The third-order valence-electron chi connectivity index (χ3n) is 5.35. The summed E-state index contributed by atoms with van der Waals surface area (Å²) in [6, 6.07) is 22.4. The number of carbonyl (C=O) groups excluding carboxylic acids is 1. The zero-order chi connectivity index (χ0) is 22.1. The van der Waals surface area contributed by atoms with Crippen LogP contribution in [0.15, 0.2) is 79.0 Å². The van der Waals surface area contributed by atoms with Crippen molar-refractivity contribution in [1.82, 2.24) is 15.0 Å². The SMILES string of the molecule is COc1ccc(N2C(=O)c3ccccc3N[C@@H]2c2cnn(-c3ccccc3)n2)c(OC)c1. The number of methoxy groups -OCH3 is 2. The fourth-order valence-electron chi connectivity index (χ4n) is 3.78. The monoisotopic (exact) mass is 427 g/mol. The molecule has 2 heterocycles. The number of aromatic nitrogens is 3. The van der Waals surface area contributed by atoms with Crippen molar-refractivity contribution in [1.29, 1.82) is 0 Å². The maximum absolute atomic E-state index is 13.6. The molecule has 4 aromatic rings. The summed E-state index contributed by atoms with van der Waals surface area (Å²) in [6.07, 6.45) is 1.08. The summed E-state index contributed by atoms with van der Waals surface area (Å²) in [5.74, 6) is 0.983. The molecule has 8 nitrogen and oxygen atoms in total. The number of carbonyl (C=O) groups is 1. The van der Waals surface area contributed by atoms with E-state index in [0.717, 1.165) is 11.4 Å². The average Bonchev–Trinajstić information content (AvgIpc) is 3.34. The van der Waals surface area contributed by atoms with Crippen LogP contribution in [0.5, 0.6) is 11.5 Å².